The summed E-state index contributed by atoms with van der Waals surface area (Å²) in [5.41, 5.74) is 1.13. The number of hydrogen-bond donors (Lipinski definition) is 1. The van der Waals surface area contributed by atoms with E-state index in [2.05, 4.69) is 0 Å². The van der Waals surface area contributed by atoms with Gasteiger partial charge in [0.25, 0.3) is 10.0 Å². The van der Waals surface area contributed by atoms with Crippen LogP contribution in [0.15, 0.2) is 65.7 Å². The smallest absolute Gasteiger partial charge is 0.268 e. The maximum atomic E-state index is 14.1. The van der Waals surface area contributed by atoms with Gasteiger partial charge in [0.2, 0.25) is 0 Å². The Hall–Kier alpha value is -2.60. The van der Waals surface area contributed by atoms with E-state index < -0.39 is 15.8 Å². The summed E-state index contributed by atoms with van der Waals surface area (Å²) >= 11 is 0. The van der Waals surface area contributed by atoms with Crippen LogP contribution in [-0.4, -0.2) is 17.5 Å². The fourth-order valence-electron chi connectivity index (χ4n) is 2.39. The molecule has 0 aliphatic heterocycles. The molecule has 3 rings (SSSR count). The van der Waals surface area contributed by atoms with E-state index in [1.807, 2.05) is 0 Å². The number of aromatic hydroxyl groups is 1. The van der Waals surface area contributed by atoms with Crippen molar-refractivity contribution in [1.29, 1.82) is 0 Å². The van der Waals surface area contributed by atoms with Crippen molar-refractivity contribution in [2.75, 3.05) is 0 Å². The van der Waals surface area contributed by atoms with E-state index in [4.69, 9.17) is 0 Å². The Morgan fingerprint density at radius 2 is 1.78 bits per heavy atom. The van der Waals surface area contributed by atoms with E-state index in [0.717, 1.165) is 10.0 Å². The second kappa shape index (κ2) is 5.55. The lowest BCUT2D eigenvalue weighted by Crippen LogP contribution is -2.13. The van der Waals surface area contributed by atoms with Crippen LogP contribution in [0.5, 0.6) is 5.75 Å². The van der Waals surface area contributed by atoms with Crippen LogP contribution in [0.1, 0.15) is 5.56 Å². The Morgan fingerprint density at radius 3 is 2.48 bits per heavy atom. The van der Waals surface area contributed by atoms with Gasteiger partial charge in [-0.2, -0.15) is 0 Å². The van der Waals surface area contributed by atoms with Gasteiger partial charge in [-0.15, -0.1) is 0 Å². The summed E-state index contributed by atoms with van der Waals surface area (Å²) in [7, 11) is -3.95. The van der Waals surface area contributed by atoms with Gasteiger partial charge in [-0.05, 0) is 42.8 Å². The van der Waals surface area contributed by atoms with Crippen LogP contribution in [-0.2, 0) is 10.0 Å². The first kappa shape index (κ1) is 15.3. The lowest BCUT2D eigenvalue weighted by molar-refractivity contribution is 0.473. The molecule has 1 N–H and O–H groups in total. The highest BCUT2D eigenvalue weighted by Gasteiger charge is 2.22. The van der Waals surface area contributed by atoms with Crippen molar-refractivity contribution in [2.24, 2.45) is 0 Å². The van der Waals surface area contributed by atoms with Gasteiger partial charge >= 0.3 is 0 Å². The minimum Gasteiger partial charge on any atom is -0.508 e. The second-order valence-electron chi connectivity index (χ2n) is 5.18. The molecule has 4 nitrogen and oxygen atoms in total. The monoisotopic (exact) mass is 331 g/mol. The van der Waals surface area contributed by atoms with Gasteiger partial charge in [0.05, 0.1) is 10.6 Å². The molecular weight excluding hydrogens is 317 g/mol. The Balaban J connectivity index is 2.24. The van der Waals surface area contributed by atoms with Gasteiger partial charge in [-0.3, -0.25) is 0 Å². The topological polar surface area (TPSA) is 59.3 Å². The van der Waals surface area contributed by atoms with E-state index >= 15 is 0 Å². The molecule has 0 atom stereocenters. The molecule has 118 valence electrons. The Labute approximate surface area is 133 Å². The van der Waals surface area contributed by atoms with Crippen LogP contribution >= 0.6 is 0 Å². The molecule has 23 heavy (non-hydrogen) atoms. The summed E-state index contributed by atoms with van der Waals surface area (Å²) < 4.78 is 40.8. The average molecular weight is 331 g/mol. The van der Waals surface area contributed by atoms with Crippen LogP contribution in [0.2, 0.25) is 0 Å². The van der Waals surface area contributed by atoms with Crippen molar-refractivity contribution in [2.45, 2.75) is 11.8 Å². The SMILES string of the molecule is Cc1cc(-c2ccccc2F)n(S(=O)(=O)c2cccc(O)c2)c1. The van der Waals surface area contributed by atoms with Crippen LogP contribution < -0.4 is 0 Å². The van der Waals surface area contributed by atoms with Gasteiger partial charge in [0, 0.05) is 17.8 Å². The summed E-state index contributed by atoms with van der Waals surface area (Å²) in [5.74, 6) is -0.652. The molecule has 0 saturated heterocycles. The molecule has 0 spiro atoms. The van der Waals surface area contributed by atoms with Gasteiger partial charge in [0.1, 0.15) is 11.6 Å². The van der Waals surface area contributed by atoms with Crippen molar-refractivity contribution in [3.05, 3.63) is 72.2 Å². The number of benzene rings is 2. The van der Waals surface area contributed by atoms with Crippen LogP contribution in [0.3, 0.4) is 0 Å². The Bertz CT molecular complexity index is 977. The molecule has 1 aromatic heterocycles. The molecule has 0 aliphatic carbocycles. The highest BCUT2D eigenvalue weighted by Crippen LogP contribution is 2.29. The number of nitrogens with zero attached hydrogens (tertiary/aromatic N) is 1. The zero-order valence-corrected chi connectivity index (χ0v) is 13.1. The zero-order valence-electron chi connectivity index (χ0n) is 12.3. The lowest BCUT2D eigenvalue weighted by Gasteiger charge is -2.11. The fourth-order valence-corrected chi connectivity index (χ4v) is 3.86. The molecule has 0 bridgehead atoms. The average Bonchev–Trinajstić information content (AvgIpc) is 2.90. The largest absolute Gasteiger partial charge is 0.508 e. The first-order valence-electron chi connectivity index (χ1n) is 6.88. The first-order valence-corrected chi connectivity index (χ1v) is 8.32. The van der Waals surface area contributed by atoms with Gasteiger partial charge in [-0.25, -0.2) is 16.8 Å². The predicted molar refractivity (Wildman–Crippen MR) is 85.3 cm³/mol. The first-order chi connectivity index (χ1) is 10.9. The minimum atomic E-state index is -3.95. The van der Waals surface area contributed by atoms with E-state index in [1.165, 1.54) is 36.5 Å². The molecule has 1 heterocycles. The van der Waals surface area contributed by atoms with E-state index in [9.17, 15) is 17.9 Å². The van der Waals surface area contributed by atoms with Gasteiger partial charge in [-0.1, -0.05) is 18.2 Å². The second-order valence-corrected chi connectivity index (χ2v) is 7.00. The highest BCUT2D eigenvalue weighted by molar-refractivity contribution is 7.90. The maximum Gasteiger partial charge on any atom is 0.268 e. The molecule has 0 aliphatic rings. The number of aryl methyl sites for hydroxylation is 1. The maximum absolute atomic E-state index is 14.1. The number of hydrogen-bond acceptors (Lipinski definition) is 3. The number of aromatic nitrogens is 1. The highest BCUT2D eigenvalue weighted by atomic mass is 32.2. The third-order valence-electron chi connectivity index (χ3n) is 3.45. The van der Waals surface area contributed by atoms with Crippen molar-refractivity contribution in [3.63, 3.8) is 0 Å². The third-order valence-corrected chi connectivity index (χ3v) is 5.12. The molecule has 0 amide bonds. The predicted octanol–water partition coefficient (Wildman–Crippen LogP) is 3.55. The number of rotatable bonds is 3. The number of halogens is 1. The zero-order chi connectivity index (χ0) is 16.6. The van der Waals surface area contributed by atoms with Gasteiger partial charge < -0.3 is 5.11 Å². The van der Waals surface area contributed by atoms with Crippen molar-refractivity contribution in [1.82, 2.24) is 3.97 Å². The minimum absolute atomic E-state index is 0.0642. The fraction of sp³-hybridized carbons (Fsp3) is 0.0588. The molecule has 2 aromatic carbocycles. The van der Waals surface area contributed by atoms with Crippen molar-refractivity contribution < 1.29 is 17.9 Å². The summed E-state index contributed by atoms with van der Waals surface area (Å²) in [6.45, 7) is 1.73. The van der Waals surface area contributed by atoms with E-state index in [1.54, 1.807) is 25.1 Å². The molecule has 3 aromatic rings. The number of phenolic OH excluding ortho intramolecular Hbond substituents is 1. The van der Waals surface area contributed by atoms with E-state index in [-0.39, 0.29) is 21.9 Å². The van der Waals surface area contributed by atoms with Gasteiger partial charge in [0.15, 0.2) is 0 Å². The Kier molecular flexibility index (Phi) is 3.69. The molecule has 0 radical (unpaired) electrons. The lowest BCUT2D eigenvalue weighted by atomic mass is 10.1. The van der Waals surface area contributed by atoms with Crippen molar-refractivity contribution >= 4 is 10.0 Å². The van der Waals surface area contributed by atoms with Crippen LogP contribution in [0.25, 0.3) is 11.3 Å². The standard InChI is InChI=1S/C17H14FNO3S/c1-12-9-17(15-7-2-3-8-16(15)18)19(11-12)23(21,22)14-6-4-5-13(20)10-14/h2-11,20H,1H3. The van der Waals surface area contributed by atoms with Crippen LogP contribution in [0.4, 0.5) is 4.39 Å². The summed E-state index contributed by atoms with van der Waals surface area (Å²) in [6.07, 6.45) is 1.43. The molecular formula is C17H14FNO3S. The molecule has 0 fully saturated rings. The normalized spacial score (nSPS) is 11.6. The molecule has 0 saturated carbocycles. The Morgan fingerprint density at radius 1 is 1.04 bits per heavy atom. The number of phenols is 1. The summed E-state index contributed by atoms with van der Waals surface area (Å²) in [4.78, 5) is -0.0642. The summed E-state index contributed by atoms with van der Waals surface area (Å²) in [6, 6.07) is 13.0. The third kappa shape index (κ3) is 2.73. The van der Waals surface area contributed by atoms with Crippen LogP contribution in [0, 0.1) is 12.7 Å². The summed E-state index contributed by atoms with van der Waals surface area (Å²) in [5, 5.41) is 9.53. The van der Waals surface area contributed by atoms with E-state index in [0.29, 0.717) is 5.56 Å². The molecule has 6 heteroatoms. The molecule has 0 unspecified atom stereocenters. The van der Waals surface area contributed by atoms with Crippen molar-refractivity contribution in [3.8, 4) is 17.0 Å². The quantitative estimate of drug-likeness (QED) is 0.798.